The lowest BCUT2D eigenvalue weighted by Gasteiger charge is -2.19. The first-order chi connectivity index (χ1) is 13.2. The molecule has 0 spiro atoms. The summed E-state index contributed by atoms with van der Waals surface area (Å²) in [6.45, 7) is 5.99. The van der Waals surface area contributed by atoms with Crippen LogP contribution in [0.15, 0.2) is 47.4 Å². The molecule has 0 aliphatic heterocycles. The van der Waals surface area contributed by atoms with Crippen molar-refractivity contribution in [2.45, 2.75) is 44.7 Å². The number of carbonyl (C=O) groups excluding carboxylic acids is 1. The van der Waals surface area contributed by atoms with E-state index in [1.165, 1.54) is 24.8 Å². The molecule has 0 saturated heterocycles. The molecule has 2 rings (SSSR count). The van der Waals surface area contributed by atoms with Gasteiger partial charge in [-0.3, -0.25) is 4.79 Å². The molecule has 1 amide bonds. The second kappa shape index (κ2) is 9.21. The number of benzene rings is 2. The van der Waals surface area contributed by atoms with Gasteiger partial charge in [-0.15, -0.1) is 0 Å². The van der Waals surface area contributed by atoms with Gasteiger partial charge in [-0.05, 0) is 49.6 Å². The quantitative estimate of drug-likeness (QED) is 0.733. The molecule has 2 aromatic rings. The summed E-state index contributed by atoms with van der Waals surface area (Å²) in [6.07, 6.45) is 0.961. The van der Waals surface area contributed by atoms with Crippen LogP contribution in [0.1, 0.15) is 42.3 Å². The zero-order valence-electron chi connectivity index (χ0n) is 17.0. The molecule has 0 bridgehead atoms. The van der Waals surface area contributed by atoms with Crippen LogP contribution in [0.4, 0.5) is 0 Å². The van der Waals surface area contributed by atoms with Crippen LogP contribution >= 0.6 is 0 Å². The highest BCUT2D eigenvalue weighted by molar-refractivity contribution is 7.89. The second-order valence-electron chi connectivity index (χ2n) is 6.97. The molecule has 0 heterocycles. The first kappa shape index (κ1) is 21.9. The van der Waals surface area contributed by atoms with Crippen molar-refractivity contribution in [3.63, 3.8) is 0 Å². The lowest BCUT2D eigenvalue weighted by molar-refractivity contribution is 0.0785. The SMILES string of the molecule is CCc1ccc(CN(C)C(=O)c2ccc(OC)c(S(=O)(=O)NC(C)C)c2)cc1. The van der Waals surface area contributed by atoms with Gasteiger partial charge < -0.3 is 9.64 Å². The van der Waals surface area contributed by atoms with Crippen molar-refractivity contribution in [1.82, 2.24) is 9.62 Å². The molecule has 6 nitrogen and oxygen atoms in total. The minimum Gasteiger partial charge on any atom is -0.495 e. The van der Waals surface area contributed by atoms with Gasteiger partial charge in [0.05, 0.1) is 7.11 Å². The molecule has 0 fully saturated rings. The highest BCUT2D eigenvalue weighted by Gasteiger charge is 2.23. The number of sulfonamides is 1. The molecule has 0 radical (unpaired) electrons. The van der Waals surface area contributed by atoms with E-state index in [2.05, 4.69) is 11.6 Å². The van der Waals surface area contributed by atoms with Gasteiger partial charge in [0.1, 0.15) is 10.6 Å². The molecular weight excluding hydrogens is 376 g/mol. The van der Waals surface area contributed by atoms with Gasteiger partial charge in [0.2, 0.25) is 10.0 Å². The largest absolute Gasteiger partial charge is 0.495 e. The minimum atomic E-state index is -3.80. The molecule has 0 saturated carbocycles. The van der Waals surface area contributed by atoms with E-state index in [-0.39, 0.29) is 28.2 Å². The van der Waals surface area contributed by atoms with Crippen LogP contribution in [0.2, 0.25) is 0 Å². The summed E-state index contributed by atoms with van der Waals surface area (Å²) < 4.78 is 32.9. The number of amides is 1. The first-order valence-electron chi connectivity index (χ1n) is 9.21. The van der Waals surface area contributed by atoms with Gasteiger partial charge in [0.25, 0.3) is 5.91 Å². The standard InChI is InChI=1S/C21H28N2O4S/c1-6-16-7-9-17(10-8-16)14-23(4)21(24)18-11-12-19(27-5)20(13-18)28(25,26)22-15(2)3/h7-13,15,22H,6,14H2,1-5H3. The Morgan fingerprint density at radius 1 is 1.11 bits per heavy atom. The average molecular weight is 405 g/mol. The van der Waals surface area contributed by atoms with Crippen LogP contribution in [0, 0.1) is 0 Å². The fraction of sp³-hybridized carbons (Fsp3) is 0.381. The van der Waals surface area contributed by atoms with Gasteiger partial charge >= 0.3 is 0 Å². The number of hydrogen-bond donors (Lipinski definition) is 1. The normalized spacial score (nSPS) is 11.5. The number of nitrogens with one attached hydrogen (secondary N) is 1. The Hall–Kier alpha value is -2.38. The van der Waals surface area contributed by atoms with Crippen molar-refractivity contribution >= 4 is 15.9 Å². The van der Waals surface area contributed by atoms with Crippen molar-refractivity contribution in [2.75, 3.05) is 14.2 Å². The topological polar surface area (TPSA) is 75.7 Å². The molecule has 28 heavy (non-hydrogen) atoms. The van der Waals surface area contributed by atoms with Crippen LogP contribution < -0.4 is 9.46 Å². The molecule has 2 aromatic carbocycles. The molecule has 152 valence electrons. The average Bonchev–Trinajstić information content (AvgIpc) is 2.66. The van der Waals surface area contributed by atoms with Crippen LogP contribution in [0.5, 0.6) is 5.75 Å². The van der Waals surface area contributed by atoms with Crippen molar-refractivity contribution < 1.29 is 17.9 Å². The first-order valence-corrected chi connectivity index (χ1v) is 10.7. The predicted octanol–water partition coefficient (Wildman–Crippen LogP) is 3.22. The monoisotopic (exact) mass is 404 g/mol. The molecular formula is C21H28N2O4S. The van der Waals surface area contributed by atoms with E-state index in [4.69, 9.17) is 4.74 Å². The maximum atomic E-state index is 12.8. The number of methoxy groups -OCH3 is 1. The second-order valence-corrected chi connectivity index (χ2v) is 8.66. The Morgan fingerprint density at radius 2 is 1.71 bits per heavy atom. The van der Waals surface area contributed by atoms with E-state index < -0.39 is 10.0 Å². The van der Waals surface area contributed by atoms with E-state index in [0.29, 0.717) is 6.54 Å². The number of nitrogens with zero attached hydrogens (tertiary/aromatic N) is 1. The summed E-state index contributed by atoms with van der Waals surface area (Å²) in [7, 11) is -0.701. The summed E-state index contributed by atoms with van der Waals surface area (Å²) >= 11 is 0. The van der Waals surface area contributed by atoms with Crippen molar-refractivity contribution in [3.8, 4) is 5.75 Å². The highest BCUT2D eigenvalue weighted by atomic mass is 32.2. The van der Waals surface area contributed by atoms with Crippen LogP contribution in [-0.2, 0) is 23.0 Å². The Morgan fingerprint density at radius 3 is 2.25 bits per heavy atom. The fourth-order valence-corrected chi connectivity index (χ4v) is 4.29. The van der Waals surface area contributed by atoms with Gasteiger partial charge in [-0.25, -0.2) is 13.1 Å². The Labute approximate surface area is 167 Å². The summed E-state index contributed by atoms with van der Waals surface area (Å²) in [5.74, 6) is -0.0641. The van der Waals surface area contributed by atoms with Gasteiger partial charge in [-0.2, -0.15) is 0 Å². The molecule has 0 aliphatic rings. The summed E-state index contributed by atoms with van der Waals surface area (Å²) in [4.78, 5) is 14.4. The smallest absolute Gasteiger partial charge is 0.253 e. The van der Waals surface area contributed by atoms with Crippen LogP contribution in [0.25, 0.3) is 0 Å². The number of hydrogen-bond acceptors (Lipinski definition) is 4. The van der Waals surface area contributed by atoms with Gasteiger partial charge in [0.15, 0.2) is 0 Å². The lowest BCUT2D eigenvalue weighted by atomic mass is 10.1. The molecule has 1 N–H and O–H groups in total. The maximum Gasteiger partial charge on any atom is 0.253 e. The zero-order chi connectivity index (χ0) is 20.9. The van der Waals surface area contributed by atoms with E-state index in [1.54, 1.807) is 31.9 Å². The number of aryl methyl sites for hydroxylation is 1. The van der Waals surface area contributed by atoms with Gasteiger partial charge in [0, 0.05) is 25.2 Å². The zero-order valence-corrected chi connectivity index (χ0v) is 17.8. The summed E-state index contributed by atoms with van der Waals surface area (Å²) in [5.41, 5.74) is 2.54. The van der Waals surface area contributed by atoms with E-state index >= 15 is 0 Å². The Kier molecular flexibility index (Phi) is 7.21. The number of rotatable bonds is 8. The molecule has 0 aromatic heterocycles. The third-order valence-electron chi connectivity index (χ3n) is 4.29. The van der Waals surface area contributed by atoms with Crippen molar-refractivity contribution in [1.29, 1.82) is 0 Å². The summed E-state index contributed by atoms with van der Waals surface area (Å²) in [5, 5.41) is 0. The number of carbonyl (C=O) groups is 1. The van der Waals surface area contributed by atoms with E-state index in [9.17, 15) is 13.2 Å². The third kappa shape index (κ3) is 5.33. The van der Waals surface area contributed by atoms with Crippen LogP contribution in [-0.4, -0.2) is 39.4 Å². The molecule has 0 unspecified atom stereocenters. The minimum absolute atomic E-state index is 0.0461. The van der Waals surface area contributed by atoms with Crippen LogP contribution in [0.3, 0.4) is 0 Å². The maximum absolute atomic E-state index is 12.8. The summed E-state index contributed by atoms with van der Waals surface area (Å²) in [6, 6.07) is 12.3. The van der Waals surface area contributed by atoms with Crippen molar-refractivity contribution in [2.24, 2.45) is 0 Å². The Balaban J connectivity index is 2.28. The van der Waals surface area contributed by atoms with Gasteiger partial charge in [-0.1, -0.05) is 31.2 Å². The number of ether oxygens (including phenoxy) is 1. The lowest BCUT2D eigenvalue weighted by Crippen LogP contribution is -2.31. The molecule has 0 aliphatic carbocycles. The van der Waals surface area contributed by atoms with E-state index in [1.807, 2.05) is 24.3 Å². The molecule has 7 heteroatoms. The highest BCUT2D eigenvalue weighted by Crippen LogP contribution is 2.26. The predicted molar refractivity (Wildman–Crippen MR) is 110 cm³/mol. The van der Waals surface area contributed by atoms with E-state index in [0.717, 1.165) is 12.0 Å². The Bertz CT molecular complexity index is 922. The third-order valence-corrected chi connectivity index (χ3v) is 5.97. The fourth-order valence-electron chi connectivity index (χ4n) is 2.84. The molecule has 0 atom stereocenters. The van der Waals surface area contributed by atoms with Crippen molar-refractivity contribution in [3.05, 3.63) is 59.2 Å².